The van der Waals surface area contributed by atoms with Crippen molar-refractivity contribution in [2.45, 2.75) is 13.2 Å². The molecule has 2 N–H and O–H groups in total. The zero-order valence-corrected chi connectivity index (χ0v) is 22.7. The number of aromatic nitrogens is 3. The highest BCUT2D eigenvalue weighted by atomic mass is 32.2. The summed E-state index contributed by atoms with van der Waals surface area (Å²) in [5.74, 6) is 1.20. The molecule has 0 radical (unpaired) electrons. The Hall–Kier alpha value is -3.93. The van der Waals surface area contributed by atoms with E-state index in [1.807, 2.05) is 42.5 Å². The largest absolute Gasteiger partial charge is 0.489 e. The van der Waals surface area contributed by atoms with Gasteiger partial charge in [0.25, 0.3) is 0 Å². The monoisotopic (exact) mass is 563 g/mol. The van der Waals surface area contributed by atoms with Gasteiger partial charge in [-0.3, -0.25) is 0 Å². The molecule has 0 bridgehead atoms. The SMILES string of the molecule is CS(=O)(=O)CCNCc1cnc(-c2ccc3ncnc(Nc4ccc(OCc5ccc(F)cc5)cc4)c3c2)s1. The Bertz CT molecular complexity index is 1670. The molecule has 2 aromatic heterocycles. The van der Waals surface area contributed by atoms with Crippen LogP contribution in [0.25, 0.3) is 21.5 Å². The average Bonchev–Trinajstić information content (AvgIpc) is 3.40. The maximum Gasteiger partial charge on any atom is 0.148 e. The van der Waals surface area contributed by atoms with Crippen LogP contribution in [0.2, 0.25) is 0 Å². The fraction of sp³-hybridized carbons (Fsp3) is 0.179. The first kappa shape index (κ1) is 26.7. The lowest BCUT2D eigenvalue weighted by Crippen LogP contribution is -2.21. The Balaban J connectivity index is 1.26. The maximum absolute atomic E-state index is 13.1. The lowest BCUT2D eigenvalue weighted by atomic mass is 10.1. The summed E-state index contributed by atoms with van der Waals surface area (Å²) in [6.45, 7) is 1.30. The summed E-state index contributed by atoms with van der Waals surface area (Å²) < 4.78 is 41.5. The molecule has 2 heterocycles. The second-order valence-electron chi connectivity index (χ2n) is 8.96. The summed E-state index contributed by atoms with van der Waals surface area (Å²) in [6, 6.07) is 19.7. The molecule has 0 amide bonds. The molecule has 0 atom stereocenters. The molecule has 0 aliphatic carbocycles. The predicted molar refractivity (Wildman–Crippen MR) is 153 cm³/mol. The zero-order chi connectivity index (χ0) is 27.2. The van der Waals surface area contributed by atoms with E-state index >= 15 is 0 Å². The van der Waals surface area contributed by atoms with Crippen molar-refractivity contribution in [2.75, 3.05) is 23.9 Å². The van der Waals surface area contributed by atoms with Crippen LogP contribution >= 0.6 is 11.3 Å². The normalized spacial score (nSPS) is 11.5. The summed E-state index contributed by atoms with van der Waals surface area (Å²) in [5.41, 5.74) is 3.47. The molecule has 3 aromatic carbocycles. The number of ether oxygens (including phenoxy) is 1. The number of rotatable bonds is 11. The van der Waals surface area contributed by atoms with E-state index in [1.165, 1.54) is 24.7 Å². The Morgan fingerprint density at radius 2 is 1.77 bits per heavy atom. The molecule has 0 saturated heterocycles. The fourth-order valence-corrected chi connectivity index (χ4v) is 5.19. The van der Waals surface area contributed by atoms with E-state index in [0.717, 1.165) is 37.6 Å². The number of hydrogen-bond donors (Lipinski definition) is 2. The maximum atomic E-state index is 13.1. The molecule has 39 heavy (non-hydrogen) atoms. The van der Waals surface area contributed by atoms with E-state index in [-0.39, 0.29) is 11.6 Å². The first-order valence-electron chi connectivity index (χ1n) is 12.1. The molecule has 5 rings (SSSR count). The van der Waals surface area contributed by atoms with Gasteiger partial charge in [0.1, 0.15) is 45.2 Å². The van der Waals surface area contributed by atoms with Gasteiger partial charge in [-0.25, -0.2) is 27.8 Å². The van der Waals surface area contributed by atoms with Gasteiger partial charge in [-0.15, -0.1) is 11.3 Å². The average molecular weight is 564 g/mol. The van der Waals surface area contributed by atoms with E-state index in [2.05, 4.69) is 25.6 Å². The molecule has 0 aliphatic rings. The summed E-state index contributed by atoms with van der Waals surface area (Å²) in [4.78, 5) is 14.4. The number of thiazole rings is 1. The minimum absolute atomic E-state index is 0.102. The third-order valence-corrected chi connectivity index (χ3v) is 7.81. The van der Waals surface area contributed by atoms with Gasteiger partial charge in [0.2, 0.25) is 0 Å². The van der Waals surface area contributed by atoms with E-state index in [1.54, 1.807) is 29.7 Å². The van der Waals surface area contributed by atoms with Crippen molar-refractivity contribution in [2.24, 2.45) is 0 Å². The van der Waals surface area contributed by atoms with Gasteiger partial charge in [-0.2, -0.15) is 0 Å². The zero-order valence-electron chi connectivity index (χ0n) is 21.1. The second kappa shape index (κ2) is 11.9. The number of nitrogens with one attached hydrogen (secondary N) is 2. The van der Waals surface area contributed by atoms with Gasteiger partial charge in [0.05, 0.1) is 11.3 Å². The number of anilines is 2. The van der Waals surface area contributed by atoms with Crippen molar-refractivity contribution < 1.29 is 17.5 Å². The van der Waals surface area contributed by atoms with Crippen LogP contribution in [0.4, 0.5) is 15.9 Å². The van der Waals surface area contributed by atoms with Crippen LogP contribution in [0.5, 0.6) is 5.75 Å². The van der Waals surface area contributed by atoms with Crippen molar-refractivity contribution in [3.05, 3.63) is 95.5 Å². The number of sulfone groups is 1. The van der Waals surface area contributed by atoms with Crippen molar-refractivity contribution in [1.82, 2.24) is 20.3 Å². The Labute approximate surface area is 229 Å². The van der Waals surface area contributed by atoms with E-state index < -0.39 is 9.84 Å². The number of benzene rings is 3. The highest BCUT2D eigenvalue weighted by Gasteiger charge is 2.10. The molecule has 8 nitrogen and oxygen atoms in total. The van der Waals surface area contributed by atoms with Crippen molar-refractivity contribution >= 4 is 43.6 Å². The highest BCUT2D eigenvalue weighted by Crippen LogP contribution is 2.31. The van der Waals surface area contributed by atoms with Crippen LogP contribution in [0.1, 0.15) is 10.4 Å². The molecule has 0 saturated carbocycles. The Morgan fingerprint density at radius 1 is 0.974 bits per heavy atom. The Morgan fingerprint density at radius 3 is 2.54 bits per heavy atom. The Kier molecular flexibility index (Phi) is 8.10. The topological polar surface area (TPSA) is 106 Å². The third kappa shape index (κ3) is 7.34. The molecular weight excluding hydrogens is 537 g/mol. The van der Waals surface area contributed by atoms with Crippen molar-refractivity contribution in [3.63, 3.8) is 0 Å². The second-order valence-corrected chi connectivity index (χ2v) is 12.3. The van der Waals surface area contributed by atoms with E-state index in [9.17, 15) is 12.8 Å². The summed E-state index contributed by atoms with van der Waals surface area (Å²) >= 11 is 1.55. The lowest BCUT2D eigenvalue weighted by Gasteiger charge is -2.11. The quantitative estimate of drug-likeness (QED) is 0.207. The molecule has 0 fully saturated rings. The van der Waals surface area contributed by atoms with E-state index in [4.69, 9.17) is 4.74 Å². The molecule has 5 aromatic rings. The molecular formula is C28H26FN5O3S2. The van der Waals surface area contributed by atoms with Crippen LogP contribution in [0, 0.1) is 5.82 Å². The van der Waals surface area contributed by atoms with Crippen molar-refractivity contribution in [1.29, 1.82) is 0 Å². The van der Waals surface area contributed by atoms with Crippen LogP contribution in [0.3, 0.4) is 0 Å². The van der Waals surface area contributed by atoms with Gasteiger partial charge < -0.3 is 15.4 Å². The molecule has 0 aliphatic heterocycles. The standard InChI is InChI=1S/C28H26FN5O3S2/c1-39(35,36)13-12-30-15-24-16-31-28(38-24)20-4-11-26-25(14-20)27(33-18-32-26)34-22-7-9-23(10-8-22)37-17-19-2-5-21(29)6-3-19/h2-11,14,16,18,30H,12-13,15,17H2,1H3,(H,32,33,34). The van der Waals surface area contributed by atoms with Gasteiger partial charge in [0.15, 0.2) is 0 Å². The summed E-state index contributed by atoms with van der Waals surface area (Å²) in [6.07, 6.45) is 4.56. The fourth-order valence-electron chi connectivity index (χ4n) is 3.80. The minimum atomic E-state index is -2.99. The van der Waals surface area contributed by atoms with E-state index in [0.29, 0.717) is 31.3 Å². The smallest absolute Gasteiger partial charge is 0.148 e. The first-order valence-corrected chi connectivity index (χ1v) is 15.0. The van der Waals surface area contributed by atoms with Gasteiger partial charge in [-0.05, 0) is 60.2 Å². The number of fused-ring (bicyclic) bond motifs is 1. The summed E-state index contributed by atoms with van der Waals surface area (Å²) in [7, 11) is -2.99. The highest BCUT2D eigenvalue weighted by molar-refractivity contribution is 7.90. The van der Waals surface area contributed by atoms with Crippen LogP contribution in [-0.2, 0) is 23.0 Å². The minimum Gasteiger partial charge on any atom is -0.489 e. The molecule has 11 heteroatoms. The summed E-state index contributed by atoms with van der Waals surface area (Å²) in [5, 5.41) is 8.22. The number of nitrogens with zero attached hydrogens (tertiary/aromatic N) is 3. The van der Waals surface area contributed by atoms with Crippen molar-refractivity contribution in [3.8, 4) is 16.3 Å². The van der Waals surface area contributed by atoms with Crippen LogP contribution in [0.15, 0.2) is 79.3 Å². The number of hydrogen-bond acceptors (Lipinski definition) is 9. The molecule has 0 unspecified atom stereocenters. The van der Waals surface area contributed by atoms with Gasteiger partial charge in [-0.1, -0.05) is 12.1 Å². The third-order valence-electron chi connectivity index (χ3n) is 5.82. The van der Waals surface area contributed by atoms with Crippen LogP contribution < -0.4 is 15.4 Å². The predicted octanol–water partition coefficient (Wildman–Crippen LogP) is 5.35. The lowest BCUT2D eigenvalue weighted by molar-refractivity contribution is 0.306. The van der Waals surface area contributed by atoms with Gasteiger partial charge >= 0.3 is 0 Å². The molecule has 0 spiro atoms. The molecule has 200 valence electrons. The van der Waals surface area contributed by atoms with Gasteiger partial charge in [0, 0.05) is 47.1 Å². The van der Waals surface area contributed by atoms with Crippen LogP contribution in [-0.4, -0.2) is 41.9 Å². The first-order chi connectivity index (χ1) is 18.8. The number of halogens is 1.